The van der Waals surface area contributed by atoms with Gasteiger partial charge in [-0.2, -0.15) is 0 Å². The van der Waals surface area contributed by atoms with Crippen LogP contribution in [0.5, 0.6) is 0 Å². The van der Waals surface area contributed by atoms with Gasteiger partial charge in [0, 0.05) is 19.3 Å². The molecule has 1 unspecified atom stereocenters. The van der Waals surface area contributed by atoms with Gasteiger partial charge < -0.3 is 4.90 Å². The van der Waals surface area contributed by atoms with Gasteiger partial charge in [-0.25, -0.2) is 0 Å². The van der Waals surface area contributed by atoms with Crippen LogP contribution in [0.2, 0.25) is 0 Å². The maximum Gasteiger partial charge on any atom is 0.301 e. The molecule has 5 heteroatoms. The second-order valence-corrected chi connectivity index (χ2v) is 5.45. The highest BCUT2D eigenvalue weighted by atomic mass is 16.6. The van der Waals surface area contributed by atoms with E-state index in [2.05, 4.69) is 16.8 Å². The lowest BCUT2D eigenvalue weighted by atomic mass is 9.99. The Morgan fingerprint density at radius 2 is 2.25 bits per heavy atom. The van der Waals surface area contributed by atoms with Crippen molar-refractivity contribution in [3.63, 3.8) is 0 Å². The molecule has 20 heavy (non-hydrogen) atoms. The Bertz CT molecular complexity index is 657. The Balaban J connectivity index is 2.14. The van der Waals surface area contributed by atoms with Crippen LogP contribution in [0.4, 0.5) is 11.4 Å². The van der Waals surface area contributed by atoms with E-state index in [4.69, 9.17) is 0 Å². The Labute approximate surface area is 117 Å². The maximum atomic E-state index is 11.5. The molecule has 0 amide bonds. The molecule has 2 aromatic rings. The molecule has 1 aromatic carbocycles. The summed E-state index contributed by atoms with van der Waals surface area (Å²) >= 11 is 0. The first-order valence-electron chi connectivity index (χ1n) is 6.94. The van der Waals surface area contributed by atoms with Crippen molar-refractivity contribution in [2.75, 3.05) is 18.0 Å². The SMILES string of the molecule is CC1CCCN(c2ccc3ncccc3c2[N+](=O)[O-])C1. The first-order chi connectivity index (χ1) is 9.66. The topological polar surface area (TPSA) is 59.3 Å². The Morgan fingerprint density at radius 3 is 3.00 bits per heavy atom. The molecule has 0 spiro atoms. The van der Waals surface area contributed by atoms with E-state index in [9.17, 15) is 10.1 Å². The summed E-state index contributed by atoms with van der Waals surface area (Å²) in [7, 11) is 0. The van der Waals surface area contributed by atoms with E-state index in [1.54, 1.807) is 18.3 Å². The largest absolute Gasteiger partial charge is 0.366 e. The van der Waals surface area contributed by atoms with Crippen molar-refractivity contribution in [3.8, 4) is 0 Å². The van der Waals surface area contributed by atoms with Crippen LogP contribution in [0.3, 0.4) is 0 Å². The molecule has 1 atom stereocenters. The minimum absolute atomic E-state index is 0.185. The van der Waals surface area contributed by atoms with Crippen LogP contribution in [0, 0.1) is 16.0 Å². The molecule has 0 radical (unpaired) electrons. The van der Waals surface area contributed by atoms with E-state index < -0.39 is 0 Å². The number of anilines is 1. The van der Waals surface area contributed by atoms with Gasteiger partial charge in [0.2, 0.25) is 0 Å². The van der Waals surface area contributed by atoms with Gasteiger partial charge in [0.1, 0.15) is 5.69 Å². The van der Waals surface area contributed by atoms with Crippen LogP contribution in [-0.4, -0.2) is 23.0 Å². The highest BCUT2D eigenvalue weighted by Crippen LogP contribution is 2.36. The number of nitro groups is 1. The Kier molecular flexibility index (Phi) is 3.26. The predicted octanol–water partition coefficient (Wildman–Crippen LogP) is 3.38. The first kappa shape index (κ1) is 12.8. The van der Waals surface area contributed by atoms with Gasteiger partial charge in [0.15, 0.2) is 0 Å². The van der Waals surface area contributed by atoms with Crippen molar-refractivity contribution in [1.29, 1.82) is 0 Å². The zero-order chi connectivity index (χ0) is 14.1. The Hall–Kier alpha value is -2.17. The quantitative estimate of drug-likeness (QED) is 0.620. The van der Waals surface area contributed by atoms with E-state index in [-0.39, 0.29) is 10.6 Å². The van der Waals surface area contributed by atoms with E-state index in [1.807, 2.05) is 12.1 Å². The lowest BCUT2D eigenvalue weighted by Gasteiger charge is -2.32. The highest BCUT2D eigenvalue weighted by Gasteiger charge is 2.26. The third kappa shape index (κ3) is 2.19. The van der Waals surface area contributed by atoms with Crippen LogP contribution < -0.4 is 4.90 Å². The number of hydrogen-bond donors (Lipinski definition) is 0. The van der Waals surface area contributed by atoms with Crippen molar-refractivity contribution in [3.05, 3.63) is 40.6 Å². The minimum atomic E-state index is -0.279. The molecule has 1 aromatic heterocycles. The number of fused-ring (bicyclic) bond motifs is 1. The molecule has 0 saturated carbocycles. The smallest absolute Gasteiger partial charge is 0.301 e. The number of nitro benzene ring substituents is 1. The minimum Gasteiger partial charge on any atom is -0.366 e. The molecular formula is C15H17N3O2. The molecule has 1 fully saturated rings. The second-order valence-electron chi connectivity index (χ2n) is 5.45. The average molecular weight is 271 g/mol. The monoisotopic (exact) mass is 271 g/mol. The van der Waals surface area contributed by atoms with Gasteiger partial charge in [-0.05, 0) is 43.0 Å². The van der Waals surface area contributed by atoms with Crippen molar-refractivity contribution < 1.29 is 4.92 Å². The van der Waals surface area contributed by atoms with Crippen LogP contribution in [-0.2, 0) is 0 Å². The standard InChI is InChI=1S/C15H17N3O2/c1-11-4-3-9-17(10-11)14-7-6-13-12(5-2-8-16-13)15(14)18(19)20/h2,5-8,11H,3-4,9-10H2,1H3. The number of piperidine rings is 1. The molecule has 2 heterocycles. The number of hydrogen-bond acceptors (Lipinski definition) is 4. The van der Waals surface area contributed by atoms with Crippen molar-refractivity contribution >= 4 is 22.3 Å². The molecule has 0 bridgehead atoms. The third-order valence-electron chi connectivity index (χ3n) is 3.92. The molecule has 1 aliphatic heterocycles. The molecule has 104 valence electrons. The summed E-state index contributed by atoms with van der Waals surface area (Å²) in [5.74, 6) is 0.577. The van der Waals surface area contributed by atoms with Gasteiger partial charge >= 0.3 is 5.69 Å². The molecule has 3 rings (SSSR count). The summed E-state index contributed by atoms with van der Waals surface area (Å²) in [6, 6.07) is 7.23. The first-order valence-corrected chi connectivity index (χ1v) is 6.94. The Morgan fingerprint density at radius 1 is 1.40 bits per heavy atom. The van der Waals surface area contributed by atoms with Gasteiger partial charge in [0.05, 0.1) is 15.8 Å². The summed E-state index contributed by atoms with van der Waals surface area (Å²) < 4.78 is 0. The second kappa shape index (κ2) is 5.07. The number of rotatable bonds is 2. The van der Waals surface area contributed by atoms with E-state index >= 15 is 0 Å². The molecule has 5 nitrogen and oxygen atoms in total. The van der Waals surface area contributed by atoms with Crippen LogP contribution in [0.1, 0.15) is 19.8 Å². The number of pyridine rings is 1. The lowest BCUT2D eigenvalue weighted by molar-refractivity contribution is -0.382. The van der Waals surface area contributed by atoms with Crippen LogP contribution in [0.25, 0.3) is 10.9 Å². The van der Waals surface area contributed by atoms with E-state index in [0.717, 1.165) is 25.2 Å². The molecule has 0 N–H and O–H groups in total. The van der Waals surface area contributed by atoms with E-state index in [1.165, 1.54) is 6.42 Å². The fraction of sp³-hybridized carbons (Fsp3) is 0.400. The molecule has 1 saturated heterocycles. The summed E-state index contributed by atoms with van der Waals surface area (Å²) in [5, 5.41) is 12.1. The summed E-state index contributed by atoms with van der Waals surface area (Å²) in [6.07, 6.45) is 3.94. The van der Waals surface area contributed by atoms with Gasteiger partial charge in [0.25, 0.3) is 0 Å². The third-order valence-corrected chi connectivity index (χ3v) is 3.92. The predicted molar refractivity (Wildman–Crippen MR) is 79.0 cm³/mol. The fourth-order valence-electron chi connectivity index (χ4n) is 2.98. The summed E-state index contributed by atoms with van der Waals surface area (Å²) in [4.78, 5) is 17.6. The maximum absolute atomic E-state index is 11.5. The highest BCUT2D eigenvalue weighted by molar-refractivity contribution is 5.94. The van der Waals surface area contributed by atoms with Crippen LogP contribution in [0.15, 0.2) is 30.5 Å². The van der Waals surface area contributed by atoms with Crippen molar-refractivity contribution in [2.45, 2.75) is 19.8 Å². The van der Waals surface area contributed by atoms with Crippen LogP contribution >= 0.6 is 0 Å². The number of aromatic nitrogens is 1. The normalized spacial score (nSPS) is 19.2. The molecular weight excluding hydrogens is 254 g/mol. The number of benzene rings is 1. The zero-order valence-corrected chi connectivity index (χ0v) is 11.5. The zero-order valence-electron chi connectivity index (χ0n) is 11.5. The molecule has 0 aliphatic carbocycles. The summed E-state index contributed by atoms with van der Waals surface area (Å²) in [6.45, 7) is 3.96. The van der Waals surface area contributed by atoms with Crippen molar-refractivity contribution in [1.82, 2.24) is 4.98 Å². The fourth-order valence-corrected chi connectivity index (χ4v) is 2.98. The molecule has 1 aliphatic rings. The van der Waals surface area contributed by atoms with Crippen molar-refractivity contribution in [2.24, 2.45) is 5.92 Å². The van der Waals surface area contributed by atoms with Gasteiger partial charge in [-0.3, -0.25) is 15.1 Å². The average Bonchev–Trinajstić information content (AvgIpc) is 2.45. The van der Waals surface area contributed by atoms with Gasteiger partial charge in [-0.1, -0.05) is 6.92 Å². The lowest BCUT2D eigenvalue weighted by Crippen LogP contribution is -2.34. The number of nitrogens with zero attached hydrogens (tertiary/aromatic N) is 3. The summed E-state index contributed by atoms with van der Waals surface area (Å²) in [5.41, 5.74) is 1.58. The van der Waals surface area contributed by atoms with E-state index in [0.29, 0.717) is 16.8 Å². The van der Waals surface area contributed by atoms with Gasteiger partial charge in [-0.15, -0.1) is 0 Å².